The van der Waals surface area contributed by atoms with Gasteiger partial charge in [0.15, 0.2) is 9.84 Å². The summed E-state index contributed by atoms with van der Waals surface area (Å²) in [6, 6.07) is 9.77. The van der Waals surface area contributed by atoms with Crippen LogP contribution >= 0.6 is 11.6 Å². The van der Waals surface area contributed by atoms with Gasteiger partial charge in [0.05, 0.1) is 15.5 Å². The molecular formula is C17H16ClF2NO4S. The van der Waals surface area contributed by atoms with Gasteiger partial charge in [-0.3, -0.25) is 4.79 Å². The molecule has 0 N–H and O–H groups in total. The number of nitrogens with zero attached hydrogens (tertiary/aromatic N) is 1. The molecule has 2 aromatic rings. The molecule has 0 heterocycles. The fourth-order valence-electron chi connectivity index (χ4n) is 2.23. The van der Waals surface area contributed by atoms with Crippen LogP contribution in [0.5, 0.6) is 5.75 Å². The van der Waals surface area contributed by atoms with Gasteiger partial charge < -0.3 is 9.64 Å². The largest absolute Gasteiger partial charge is 0.435 e. The maximum absolute atomic E-state index is 12.6. The van der Waals surface area contributed by atoms with Gasteiger partial charge in [0.2, 0.25) is 0 Å². The fraction of sp³-hybridized carbons (Fsp3) is 0.235. The molecule has 0 aliphatic rings. The van der Waals surface area contributed by atoms with Crippen LogP contribution in [0.15, 0.2) is 47.4 Å². The molecule has 1 amide bonds. The summed E-state index contributed by atoms with van der Waals surface area (Å²) >= 11 is 6.03. The van der Waals surface area contributed by atoms with Gasteiger partial charge in [-0.05, 0) is 35.9 Å². The number of ether oxygens (including phenoxy) is 1. The lowest BCUT2D eigenvalue weighted by Gasteiger charge is -2.18. The Morgan fingerprint density at radius 3 is 2.35 bits per heavy atom. The lowest BCUT2D eigenvalue weighted by Crippen LogP contribution is -2.26. The first-order valence-corrected chi connectivity index (χ1v) is 9.63. The molecule has 0 fully saturated rings. The molecule has 0 unspecified atom stereocenters. The Labute approximate surface area is 155 Å². The second-order valence-corrected chi connectivity index (χ2v) is 8.02. The van der Waals surface area contributed by atoms with E-state index in [1.165, 1.54) is 42.3 Å². The summed E-state index contributed by atoms with van der Waals surface area (Å²) < 4.78 is 51.9. The second kappa shape index (κ2) is 8.01. The van der Waals surface area contributed by atoms with Crippen molar-refractivity contribution in [1.82, 2.24) is 4.90 Å². The minimum absolute atomic E-state index is 0.00727. The van der Waals surface area contributed by atoms with Gasteiger partial charge >= 0.3 is 6.61 Å². The standard InChI is InChI=1S/C17H16ClF2NO4S/c1-21(10-11-3-5-12(6-4-11)25-17(19)20)16(22)14-9-13(26(2,23)24)7-8-15(14)18/h3-9,17H,10H2,1-2H3. The molecule has 9 heteroatoms. The average Bonchev–Trinajstić information content (AvgIpc) is 2.55. The summed E-state index contributed by atoms with van der Waals surface area (Å²) in [7, 11) is -1.96. The average molecular weight is 404 g/mol. The zero-order valence-corrected chi connectivity index (χ0v) is 15.5. The van der Waals surface area contributed by atoms with Crippen molar-refractivity contribution in [3.63, 3.8) is 0 Å². The predicted molar refractivity (Wildman–Crippen MR) is 93.4 cm³/mol. The van der Waals surface area contributed by atoms with Crippen molar-refractivity contribution in [2.24, 2.45) is 0 Å². The highest BCUT2D eigenvalue weighted by Crippen LogP contribution is 2.23. The number of sulfone groups is 1. The molecule has 140 valence electrons. The summed E-state index contributed by atoms with van der Waals surface area (Å²) in [6.07, 6.45) is 1.04. The lowest BCUT2D eigenvalue weighted by molar-refractivity contribution is -0.0498. The third kappa shape index (κ3) is 5.15. The lowest BCUT2D eigenvalue weighted by atomic mass is 10.1. The molecule has 0 aliphatic carbocycles. The molecule has 0 spiro atoms. The van der Waals surface area contributed by atoms with Crippen LogP contribution in [0, 0.1) is 0 Å². The van der Waals surface area contributed by atoms with Crippen molar-refractivity contribution in [2.45, 2.75) is 18.1 Å². The Balaban J connectivity index is 2.17. The first-order valence-electron chi connectivity index (χ1n) is 7.37. The number of halogens is 3. The number of amides is 1. The van der Waals surface area contributed by atoms with Crippen molar-refractivity contribution in [3.8, 4) is 5.75 Å². The first-order chi connectivity index (χ1) is 12.1. The van der Waals surface area contributed by atoms with Gasteiger partial charge in [-0.25, -0.2) is 8.42 Å². The van der Waals surface area contributed by atoms with Crippen molar-refractivity contribution < 1.29 is 26.7 Å². The van der Waals surface area contributed by atoms with E-state index in [0.29, 0.717) is 5.56 Å². The van der Waals surface area contributed by atoms with Crippen LogP contribution in [0.1, 0.15) is 15.9 Å². The van der Waals surface area contributed by atoms with Crippen LogP contribution in [0.25, 0.3) is 0 Å². The zero-order valence-electron chi connectivity index (χ0n) is 13.9. The van der Waals surface area contributed by atoms with E-state index in [4.69, 9.17) is 11.6 Å². The molecule has 2 aromatic carbocycles. The number of carbonyl (C=O) groups is 1. The monoisotopic (exact) mass is 403 g/mol. The third-order valence-electron chi connectivity index (χ3n) is 3.51. The van der Waals surface area contributed by atoms with E-state index in [1.807, 2.05) is 0 Å². The van der Waals surface area contributed by atoms with Crippen molar-refractivity contribution in [1.29, 1.82) is 0 Å². The number of hydrogen-bond donors (Lipinski definition) is 0. The Kier molecular flexibility index (Phi) is 6.20. The fourth-order valence-corrected chi connectivity index (χ4v) is 3.07. The predicted octanol–water partition coefficient (Wildman–Crippen LogP) is 3.62. The van der Waals surface area contributed by atoms with E-state index in [2.05, 4.69) is 4.74 Å². The maximum Gasteiger partial charge on any atom is 0.387 e. The van der Waals surface area contributed by atoms with Gasteiger partial charge in [0.25, 0.3) is 5.91 Å². The van der Waals surface area contributed by atoms with Crippen molar-refractivity contribution >= 4 is 27.3 Å². The molecule has 0 radical (unpaired) electrons. The Hall–Kier alpha value is -2.19. The van der Waals surface area contributed by atoms with Crippen LogP contribution in [0.2, 0.25) is 5.02 Å². The van der Waals surface area contributed by atoms with E-state index in [0.717, 1.165) is 6.26 Å². The smallest absolute Gasteiger partial charge is 0.387 e. The van der Waals surface area contributed by atoms with Crippen LogP contribution in [0.3, 0.4) is 0 Å². The second-order valence-electron chi connectivity index (χ2n) is 5.60. The van der Waals surface area contributed by atoms with E-state index in [-0.39, 0.29) is 27.8 Å². The maximum atomic E-state index is 12.6. The Bertz CT molecular complexity index is 901. The number of rotatable bonds is 6. The Morgan fingerprint density at radius 2 is 1.81 bits per heavy atom. The van der Waals surface area contributed by atoms with E-state index >= 15 is 0 Å². The van der Waals surface area contributed by atoms with Crippen LogP contribution < -0.4 is 4.74 Å². The summed E-state index contributed by atoms with van der Waals surface area (Å²) in [6.45, 7) is -2.73. The number of carbonyl (C=O) groups excluding carboxylic acids is 1. The number of alkyl halides is 2. The molecule has 0 saturated carbocycles. The van der Waals surface area contributed by atoms with Gasteiger partial charge in [-0.15, -0.1) is 0 Å². The zero-order chi connectivity index (χ0) is 19.5. The van der Waals surface area contributed by atoms with Gasteiger partial charge in [-0.1, -0.05) is 23.7 Å². The topological polar surface area (TPSA) is 63.7 Å². The highest BCUT2D eigenvalue weighted by Gasteiger charge is 2.19. The summed E-state index contributed by atoms with van der Waals surface area (Å²) in [4.78, 5) is 13.9. The van der Waals surface area contributed by atoms with E-state index in [9.17, 15) is 22.0 Å². The molecule has 0 aromatic heterocycles. The van der Waals surface area contributed by atoms with E-state index < -0.39 is 22.4 Å². The Morgan fingerprint density at radius 1 is 1.19 bits per heavy atom. The normalized spacial score (nSPS) is 11.5. The minimum atomic E-state index is -3.48. The highest BCUT2D eigenvalue weighted by molar-refractivity contribution is 7.90. The molecule has 5 nitrogen and oxygen atoms in total. The van der Waals surface area contributed by atoms with Gasteiger partial charge in [0.1, 0.15) is 5.75 Å². The van der Waals surface area contributed by atoms with Crippen molar-refractivity contribution in [2.75, 3.05) is 13.3 Å². The highest BCUT2D eigenvalue weighted by atomic mass is 35.5. The molecule has 2 rings (SSSR count). The molecule has 0 atom stereocenters. The molecule has 0 aliphatic heterocycles. The van der Waals surface area contributed by atoms with E-state index in [1.54, 1.807) is 12.1 Å². The van der Waals surface area contributed by atoms with Gasteiger partial charge in [-0.2, -0.15) is 8.78 Å². The SMILES string of the molecule is CN(Cc1ccc(OC(F)F)cc1)C(=O)c1cc(S(C)(=O)=O)ccc1Cl. The minimum Gasteiger partial charge on any atom is -0.435 e. The molecule has 0 bridgehead atoms. The first kappa shape index (κ1) is 20.1. The van der Waals surface area contributed by atoms with Crippen molar-refractivity contribution in [3.05, 3.63) is 58.6 Å². The number of benzene rings is 2. The van der Waals surface area contributed by atoms with Crippen LogP contribution in [-0.4, -0.2) is 39.1 Å². The molecular weight excluding hydrogens is 388 g/mol. The molecule has 0 saturated heterocycles. The van der Waals surface area contributed by atoms with Gasteiger partial charge in [0, 0.05) is 19.8 Å². The number of hydrogen-bond acceptors (Lipinski definition) is 4. The summed E-state index contributed by atoms with van der Waals surface area (Å²) in [5.41, 5.74) is 0.743. The summed E-state index contributed by atoms with van der Waals surface area (Å²) in [5, 5.41) is 0.134. The summed E-state index contributed by atoms with van der Waals surface area (Å²) in [5.74, 6) is -0.449. The molecule has 26 heavy (non-hydrogen) atoms. The van der Waals surface area contributed by atoms with Crippen LogP contribution in [-0.2, 0) is 16.4 Å². The van der Waals surface area contributed by atoms with Crippen LogP contribution in [0.4, 0.5) is 8.78 Å². The third-order valence-corrected chi connectivity index (χ3v) is 4.95. The quantitative estimate of drug-likeness (QED) is 0.739.